The maximum absolute atomic E-state index is 13.4. The largest absolute Gasteiger partial charge is 0.492 e. The molecular formula is C33H45N5O3. The number of hydrogen-bond donors (Lipinski definition) is 1. The van der Waals surface area contributed by atoms with Crippen molar-refractivity contribution in [1.29, 1.82) is 0 Å². The standard InChI is InChI=1S/C32H41N5O3.CH4/c38-32(25-10-13-33-31(24-25)37-16-11-26(12-17-37)36-14-4-1-5-15-36)34-29-8-9-30(28-7-3-2-6-27(28)29)40-23-20-35-18-21-39-22-19-35;/h2-3,6-10,13,24,26H,1,4-5,11-12,14-23H2,(H,34,38);1H4. The van der Waals surface area contributed by atoms with Crippen LogP contribution in [0.1, 0.15) is 49.9 Å². The Morgan fingerprint density at radius 2 is 1.68 bits per heavy atom. The summed E-state index contributed by atoms with van der Waals surface area (Å²) in [5.41, 5.74) is 1.40. The Morgan fingerprint density at radius 1 is 0.927 bits per heavy atom. The molecule has 0 aliphatic carbocycles. The maximum atomic E-state index is 13.4. The summed E-state index contributed by atoms with van der Waals surface area (Å²) >= 11 is 0. The summed E-state index contributed by atoms with van der Waals surface area (Å²) in [6.07, 6.45) is 8.11. The molecule has 1 N–H and O–H groups in total. The van der Waals surface area contributed by atoms with E-state index in [9.17, 15) is 4.79 Å². The molecule has 6 rings (SSSR count). The van der Waals surface area contributed by atoms with Gasteiger partial charge < -0.3 is 24.6 Å². The van der Waals surface area contributed by atoms with E-state index in [1.807, 2.05) is 42.5 Å². The first-order chi connectivity index (χ1) is 19.7. The third-order valence-electron chi connectivity index (χ3n) is 8.60. The van der Waals surface area contributed by atoms with Crippen LogP contribution < -0.4 is 15.0 Å². The summed E-state index contributed by atoms with van der Waals surface area (Å²) in [6.45, 7) is 9.41. The molecule has 4 heterocycles. The van der Waals surface area contributed by atoms with Gasteiger partial charge in [0.25, 0.3) is 5.91 Å². The highest BCUT2D eigenvalue weighted by molar-refractivity contribution is 6.10. The Kier molecular flexibility index (Phi) is 10.1. The molecular weight excluding hydrogens is 514 g/mol. The van der Waals surface area contributed by atoms with E-state index in [0.29, 0.717) is 18.2 Å². The number of aromatic nitrogens is 1. The minimum Gasteiger partial charge on any atom is -0.492 e. The van der Waals surface area contributed by atoms with Crippen molar-refractivity contribution in [3.8, 4) is 5.75 Å². The van der Waals surface area contributed by atoms with Crippen molar-refractivity contribution in [2.45, 2.75) is 45.6 Å². The molecule has 3 aliphatic heterocycles. The number of hydrogen-bond acceptors (Lipinski definition) is 7. The van der Waals surface area contributed by atoms with E-state index in [1.54, 1.807) is 12.3 Å². The lowest BCUT2D eigenvalue weighted by molar-refractivity contribution is 0.0323. The van der Waals surface area contributed by atoms with Gasteiger partial charge in [0.1, 0.15) is 18.2 Å². The normalized spacial score (nSPS) is 19.1. The Morgan fingerprint density at radius 3 is 2.46 bits per heavy atom. The van der Waals surface area contributed by atoms with Crippen molar-refractivity contribution < 1.29 is 14.3 Å². The van der Waals surface area contributed by atoms with E-state index in [1.165, 1.54) is 32.4 Å². The molecule has 0 radical (unpaired) electrons. The van der Waals surface area contributed by atoms with Crippen LogP contribution in [0.25, 0.3) is 10.8 Å². The number of amides is 1. The van der Waals surface area contributed by atoms with Crippen LogP contribution >= 0.6 is 0 Å². The van der Waals surface area contributed by atoms with Crippen molar-refractivity contribution >= 4 is 28.2 Å². The van der Waals surface area contributed by atoms with Gasteiger partial charge in [-0.1, -0.05) is 38.1 Å². The number of carbonyl (C=O) groups is 1. The molecule has 41 heavy (non-hydrogen) atoms. The van der Waals surface area contributed by atoms with Gasteiger partial charge in [0, 0.05) is 67.0 Å². The molecule has 3 saturated heterocycles. The summed E-state index contributed by atoms with van der Waals surface area (Å²) in [5, 5.41) is 5.11. The second-order valence-electron chi connectivity index (χ2n) is 11.1. The number of morpholine rings is 1. The second-order valence-corrected chi connectivity index (χ2v) is 11.1. The highest BCUT2D eigenvalue weighted by Crippen LogP contribution is 2.32. The predicted molar refractivity (Wildman–Crippen MR) is 166 cm³/mol. The first-order valence-electron chi connectivity index (χ1n) is 15.0. The zero-order valence-electron chi connectivity index (χ0n) is 23.4. The first kappa shape index (κ1) is 29.3. The highest BCUT2D eigenvalue weighted by Gasteiger charge is 2.26. The molecule has 1 amide bonds. The Balaban J connectivity index is 0.00000337. The fourth-order valence-electron chi connectivity index (χ4n) is 6.29. The van der Waals surface area contributed by atoms with Gasteiger partial charge in [-0.3, -0.25) is 9.69 Å². The summed E-state index contributed by atoms with van der Waals surface area (Å²) in [4.78, 5) is 25.4. The number of likely N-dealkylation sites (tertiary alicyclic amines) is 1. The SMILES string of the molecule is C.O=C(Nc1ccc(OCCN2CCOCC2)c2ccccc12)c1ccnc(N2CCC(N3CCCCC3)CC2)c1. The zero-order valence-corrected chi connectivity index (χ0v) is 23.4. The van der Waals surface area contributed by atoms with Crippen LogP contribution in [0.3, 0.4) is 0 Å². The molecule has 220 valence electrons. The molecule has 0 unspecified atom stereocenters. The fourth-order valence-corrected chi connectivity index (χ4v) is 6.29. The number of nitrogens with zero attached hydrogens (tertiary/aromatic N) is 4. The lowest BCUT2D eigenvalue weighted by atomic mass is 10.00. The van der Waals surface area contributed by atoms with Crippen LogP contribution in [0.2, 0.25) is 0 Å². The quantitative estimate of drug-likeness (QED) is 0.402. The molecule has 3 aromatic rings. The third-order valence-corrected chi connectivity index (χ3v) is 8.60. The minimum atomic E-state index is -0.127. The molecule has 0 saturated carbocycles. The van der Waals surface area contributed by atoms with Crippen LogP contribution in [0.4, 0.5) is 11.5 Å². The monoisotopic (exact) mass is 559 g/mol. The molecule has 1 aromatic heterocycles. The van der Waals surface area contributed by atoms with Gasteiger partial charge in [0.05, 0.1) is 13.2 Å². The van der Waals surface area contributed by atoms with Crippen LogP contribution in [-0.2, 0) is 4.74 Å². The second kappa shape index (κ2) is 14.1. The van der Waals surface area contributed by atoms with Crippen molar-refractivity contribution in [3.05, 3.63) is 60.3 Å². The number of fused-ring (bicyclic) bond motifs is 1. The van der Waals surface area contributed by atoms with E-state index in [4.69, 9.17) is 9.47 Å². The van der Waals surface area contributed by atoms with Gasteiger partial charge >= 0.3 is 0 Å². The van der Waals surface area contributed by atoms with E-state index < -0.39 is 0 Å². The summed E-state index contributed by atoms with van der Waals surface area (Å²) in [7, 11) is 0. The van der Waals surface area contributed by atoms with Gasteiger partial charge in [0.15, 0.2) is 0 Å². The van der Waals surface area contributed by atoms with E-state index in [-0.39, 0.29) is 13.3 Å². The number of benzene rings is 2. The Labute approximate surface area is 244 Å². The molecule has 2 aromatic carbocycles. The molecule has 0 bridgehead atoms. The number of nitrogens with one attached hydrogen (secondary N) is 1. The average molecular weight is 560 g/mol. The third kappa shape index (κ3) is 7.18. The van der Waals surface area contributed by atoms with Gasteiger partial charge in [-0.25, -0.2) is 4.98 Å². The molecule has 8 nitrogen and oxygen atoms in total. The molecule has 0 spiro atoms. The Bertz CT molecular complexity index is 1280. The van der Waals surface area contributed by atoms with Gasteiger partial charge in [-0.2, -0.15) is 0 Å². The summed E-state index contributed by atoms with van der Waals surface area (Å²) in [5.74, 6) is 1.60. The fraction of sp³-hybridized carbons (Fsp3) is 0.515. The van der Waals surface area contributed by atoms with Gasteiger partial charge in [-0.05, 0) is 63.0 Å². The van der Waals surface area contributed by atoms with E-state index >= 15 is 0 Å². The highest BCUT2D eigenvalue weighted by atomic mass is 16.5. The van der Waals surface area contributed by atoms with Crippen molar-refractivity contribution in [3.63, 3.8) is 0 Å². The topological polar surface area (TPSA) is 70.2 Å². The van der Waals surface area contributed by atoms with Crippen LogP contribution in [-0.4, -0.2) is 92.4 Å². The maximum Gasteiger partial charge on any atom is 0.255 e. The van der Waals surface area contributed by atoms with Crippen LogP contribution in [0.15, 0.2) is 54.7 Å². The predicted octanol–water partition coefficient (Wildman–Crippen LogP) is 5.29. The van der Waals surface area contributed by atoms with Crippen molar-refractivity contribution in [2.24, 2.45) is 0 Å². The summed E-state index contributed by atoms with van der Waals surface area (Å²) < 4.78 is 11.6. The molecule has 8 heteroatoms. The number of piperidine rings is 2. The van der Waals surface area contributed by atoms with Crippen LogP contribution in [0, 0.1) is 0 Å². The lowest BCUT2D eigenvalue weighted by Gasteiger charge is -2.40. The molecule has 0 atom stereocenters. The number of carbonyl (C=O) groups excluding carboxylic acids is 1. The number of rotatable bonds is 8. The minimum absolute atomic E-state index is 0. The first-order valence-corrected chi connectivity index (χ1v) is 15.0. The Hall–Kier alpha value is -3.20. The lowest BCUT2D eigenvalue weighted by Crippen LogP contribution is -2.47. The number of anilines is 2. The smallest absolute Gasteiger partial charge is 0.255 e. The zero-order chi connectivity index (χ0) is 27.1. The van der Waals surface area contributed by atoms with Gasteiger partial charge in [-0.15, -0.1) is 0 Å². The van der Waals surface area contributed by atoms with E-state index in [2.05, 4.69) is 25.0 Å². The van der Waals surface area contributed by atoms with Crippen LogP contribution in [0.5, 0.6) is 5.75 Å². The van der Waals surface area contributed by atoms with Crippen molar-refractivity contribution in [1.82, 2.24) is 14.8 Å². The summed E-state index contributed by atoms with van der Waals surface area (Å²) in [6, 6.07) is 16.4. The van der Waals surface area contributed by atoms with Crippen molar-refractivity contribution in [2.75, 3.05) is 75.9 Å². The molecule has 3 aliphatic rings. The van der Waals surface area contributed by atoms with Gasteiger partial charge in [0.2, 0.25) is 0 Å². The molecule has 3 fully saturated rings. The van der Waals surface area contributed by atoms with E-state index in [0.717, 1.165) is 86.8 Å². The average Bonchev–Trinajstić information content (AvgIpc) is 3.03. The number of pyridine rings is 1. The number of ether oxygens (including phenoxy) is 2.